The number of hydrogen-bond acceptors (Lipinski definition) is 3. The molecule has 0 radical (unpaired) electrons. The minimum Gasteiger partial charge on any atom is -0.349 e. The van der Waals surface area contributed by atoms with Gasteiger partial charge in [0.05, 0.1) is 0 Å². The van der Waals surface area contributed by atoms with Gasteiger partial charge in [-0.25, -0.2) is 0 Å². The molecule has 0 atom stereocenters. The Hall–Kier alpha value is -0.610. The minimum atomic E-state index is -2.08. The molecule has 0 unspecified atom stereocenters. The lowest BCUT2D eigenvalue weighted by molar-refractivity contribution is -0.176. The van der Waals surface area contributed by atoms with E-state index in [1.807, 2.05) is 5.32 Å². The van der Waals surface area contributed by atoms with E-state index in [1.165, 1.54) is 6.92 Å². The maximum atomic E-state index is 10.0. The molecule has 3 N–H and O–H groups in total. The summed E-state index contributed by atoms with van der Waals surface area (Å²) in [7, 11) is 0. The van der Waals surface area contributed by atoms with Gasteiger partial charge in [-0.15, -0.1) is 0 Å². The zero-order valence-electron chi connectivity index (χ0n) is 4.80. The van der Waals surface area contributed by atoms with Crippen LogP contribution in [-0.4, -0.2) is 22.0 Å². The third-order valence-electron chi connectivity index (χ3n) is 0.413. The van der Waals surface area contributed by atoms with Crippen molar-refractivity contribution in [2.75, 3.05) is 0 Å². The summed E-state index contributed by atoms with van der Waals surface area (Å²) in [5.74, 6) is -2.55. The Labute approximate surface area is 47.1 Å². The van der Waals surface area contributed by atoms with E-state index in [4.69, 9.17) is 10.2 Å². The van der Waals surface area contributed by atoms with Crippen molar-refractivity contribution in [3.63, 3.8) is 0 Å². The van der Waals surface area contributed by atoms with Gasteiger partial charge in [0.15, 0.2) is 0 Å². The highest BCUT2D eigenvalue weighted by atomic mass is 16.5. The Morgan fingerprint density at radius 1 is 1.62 bits per heavy atom. The molecule has 0 fully saturated rings. The predicted octanol–water partition coefficient (Wildman–Crippen LogP) is -1.22. The van der Waals surface area contributed by atoms with Crippen molar-refractivity contribution in [2.45, 2.75) is 19.8 Å². The second-order valence-corrected chi connectivity index (χ2v) is 1.70. The third kappa shape index (κ3) is 5.39. The zero-order valence-corrected chi connectivity index (χ0v) is 4.80. The summed E-state index contributed by atoms with van der Waals surface area (Å²) in [4.78, 5) is 10.0. The smallest absolute Gasteiger partial charge is 0.243 e. The molecule has 0 saturated heterocycles. The average Bonchev–Trinajstić information content (AvgIpc) is 1.21. The van der Waals surface area contributed by atoms with Crippen LogP contribution in [0.4, 0.5) is 0 Å². The molecule has 0 bridgehead atoms. The van der Waals surface area contributed by atoms with Crippen LogP contribution >= 0.6 is 0 Å². The Morgan fingerprint density at radius 3 is 2.00 bits per heavy atom. The molecule has 0 heterocycles. The van der Waals surface area contributed by atoms with Crippen LogP contribution < -0.4 is 5.32 Å². The van der Waals surface area contributed by atoms with Gasteiger partial charge in [0, 0.05) is 13.8 Å². The number of rotatable bonds is 1. The summed E-state index contributed by atoms with van der Waals surface area (Å²) >= 11 is 0. The summed E-state index contributed by atoms with van der Waals surface area (Å²) in [6.07, 6.45) is 0. The first kappa shape index (κ1) is 7.39. The van der Waals surface area contributed by atoms with Crippen molar-refractivity contribution in [3.05, 3.63) is 0 Å². The third-order valence-corrected chi connectivity index (χ3v) is 0.413. The van der Waals surface area contributed by atoms with E-state index in [0.29, 0.717) is 0 Å². The standard InChI is InChI=1S/C4H9NO3/c1-3(6)5-4(2,7)8/h7-8H,1-2H3,(H,5,6). The maximum absolute atomic E-state index is 10.0. The normalized spacial score (nSPS) is 11.0. The molecule has 0 aliphatic carbocycles. The highest BCUT2D eigenvalue weighted by Gasteiger charge is 2.14. The molecule has 48 valence electrons. The van der Waals surface area contributed by atoms with Gasteiger partial charge in [-0.2, -0.15) is 0 Å². The van der Waals surface area contributed by atoms with Gasteiger partial charge < -0.3 is 15.5 Å². The molecule has 0 spiro atoms. The van der Waals surface area contributed by atoms with Gasteiger partial charge in [-0.3, -0.25) is 4.79 Å². The summed E-state index contributed by atoms with van der Waals surface area (Å²) < 4.78 is 0. The molecular formula is C4H9NO3. The molecule has 1 amide bonds. The van der Waals surface area contributed by atoms with Crippen LogP contribution in [0.1, 0.15) is 13.8 Å². The van der Waals surface area contributed by atoms with Crippen molar-refractivity contribution in [2.24, 2.45) is 0 Å². The van der Waals surface area contributed by atoms with Crippen LogP contribution in [-0.2, 0) is 4.79 Å². The highest BCUT2D eigenvalue weighted by Crippen LogP contribution is 1.86. The quantitative estimate of drug-likeness (QED) is 0.379. The summed E-state index contributed by atoms with van der Waals surface area (Å²) in [5.41, 5.74) is 0. The minimum absolute atomic E-state index is 0.475. The SMILES string of the molecule is CC(=O)NC(C)(O)O. The second-order valence-electron chi connectivity index (χ2n) is 1.70. The van der Waals surface area contributed by atoms with Gasteiger partial charge in [0.25, 0.3) is 0 Å². The number of aliphatic hydroxyl groups is 2. The van der Waals surface area contributed by atoms with Gasteiger partial charge >= 0.3 is 0 Å². The van der Waals surface area contributed by atoms with Crippen LogP contribution in [0.5, 0.6) is 0 Å². The van der Waals surface area contributed by atoms with Crippen molar-refractivity contribution >= 4 is 5.91 Å². The first-order valence-electron chi connectivity index (χ1n) is 2.15. The van der Waals surface area contributed by atoms with E-state index in [0.717, 1.165) is 6.92 Å². The molecule has 0 aliphatic heterocycles. The molecule has 4 heteroatoms. The number of amides is 1. The summed E-state index contributed by atoms with van der Waals surface area (Å²) in [6, 6.07) is 0. The van der Waals surface area contributed by atoms with Crippen molar-refractivity contribution in [1.29, 1.82) is 0 Å². The Bertz CT molecular complexity index is 93.9. The number of carbonyl (C=O) groups excluding carboxylic acids is 1. The fraction of sp³-hybridized carbons (Fsp3) is 0.750. The largest absolute Gasteiger partial charge is 0.349 e. The molecule has 0 aromatic rings. The van der Waals surface area contributed by atoms with E-state index in [2.05, 4.69) is 0 Å². The topological polar surface area (TPSA) is 69.6 Å². The van der Waals surface area contributed by atoms with Gasteiger partial charge in [-0.1, -0.05) is 0 Å². The maximum Gasteiger partial charge on any atom is 0.243 e. The molecule has 0 aromatic carbocycles. The highest BCUT2D eigenvalue weighted by molar-refractivity contribution is 5.73. The zero-order chi connectivity index (χ0) is 6.78. The molecule has 0 rings (SSSR count). The number of nitrogens with one attached hydrogen (secondary N) is 1. The van der Waals surface area contributed by atoms with Crippen molar-refractivity contribution in [1.82, 2.24) is 5.32 Å². The first-order chi connectivity index (χ1) is 3.42. The Morgan fingerprint density at radius 2 is 2.00 bits per heavy atom. The number of hydrogen-bond donors (Lipinski definition) is 3. The van der Waals surface area contributed by atoms with E-state index >= 15 is 0 Å². The van der Waals surface area contributed by atoms with E-state index in [-0.39, 0.29) is 0 Å². The van der Waals surface area contributed by atoms with Gasteiger partial charge in [-0.05, 0) is 0 Å². The van der Waals surface area contributed by atoms with Crippen LogP contribution in [0.15, 0.2) is 0 Å². The van der Waals surface area contributed by atoms with E-state index in [1.54, 1.807) is 0 Å². The van der Waals surface area contributed by atoms with Crippen LogP contribution in [0.25, 0.3) is 0 Å². The molecule has 0 saturated carbocycles. The molecule has 0 aromatic heterocycles. The monoisotopic (exact) mass is 119 g/mol. The second kappa shape index (κ2) is 2.11. The summed E-state index contributed by atoms with van der Waals surface area (Å²) in [6.45, 7) is 2.26. The Kier molecular flexibility index (Phi) is 1.94. The van der Waals surface area contributed by atoms with Gasteiger partial charge in [0.1, 0.15) is 0 Å². The van der Waals surface area contributed by atoms with Crippen LogP contribution in [0.3, 0.4) is 0 Å². The predicted molar refractivity (Wildman–Crippen MR) is 26.7 cm³/mol. The first-order valence-corrected chi connectivity index (χ1v) is 2.15. The Balaban J connectivity index is 3.55. The molecule has 4 nitrogen and oxygen atoms in total. The van der Waals surface area contributed by atoms with Crippen LogP contribution in [0, 0.1) is 0 Å². The lowest BCUT2D eigenvalue weighted by atomic mass is 10.5. The van der Waals surface area contributed by atoms with Crippen LogP contribution in [0.2, 0.25) is 0 Å². The lowest BCUT2D eigenvalue weighted by Gasteiger charge is -2.14. The molecule has 8 heavy (non-hydrogen) atoms. The van der Waals surface area contributed by atoms with E-state index < -0.39 is 11.8 Å². The number of carbonyl (C=O) groups is 1. The van der Waals surface area contributed by atoms with Crippen molar-refractivity contribution < 1.29 is 15.0 Å². The molecular weight excluding hydrogens is 110 g/mol. The average molecular weight is 119 g/mol. The lowest BCUT2D eigenvalue weighted by Crippen LogP contribution is -2.44. The van der Waals surface area contributed by atoms with Crippen molar-refractivity contribution in [3.8, 4) is 0 Å². The fourth-order valence-electron chi connectivity index (χ4n) is 0.333. The molecule has 0 aliphatic rings. The van der Waals surface area contributed by atoms with Gasteiger partial charge in [0.2, 0.25) is 11.8 Å². The summed E-state index contributed by atoms with van der Waals surface area (Å²) in [5, 5.41) is 18.7. The van der Waals surface area contributed by atoms with E-state index in [9.17, 15) is 4.79 Å². The fourth-order valence-corrected chi connectivity index (χ4v) is 0.333.